The normalized spacial score (nSPS) is 12.8. The number of nitrogens with zero attached hydrogens (tertiary/aromatic N) is 3. The minimum Gasteiger partial charge on any atom is -0.497 e. The molecule has 0 aliphatic carbocycles. The lowest BCUT2D eigenvalue weighted by Gasteiger charge is -2.29. The average Bonchev–Trinajstić information content (AvgIpc) is 3.36. The van der Waals surface area contributed by atoms with Crippen LogP contribution >= 0.6 is 11.3 Å². The van der Waals surface area contributed by atoms with E-state index in [1.54, 1.807) is 43.6 Å². The van der Waals surface area contributed by atoms with Gasteiger partial charge < -0.3 is 9.47 Å². The molecule has 1 amide bonds. The van der Waals surface area contributed by atoms with Crippen molar-refractivity contribution in [3.63, 3.8) is 0 Å². The van der Waals surface area contributed by atoms with Crippen LogP contribution in [0.2, 0.25) is 0 Å². The van der Waals surface area contributed by atoms with E-state index in [1.165, 1.54) is 16.2 Å². The van der Waals surface area contributed by atoms with Crippen LogP contribution in [0.3, 0.4) is 0 Å². The summed E-state index contributed by atoms with van der Waals surface area (Å²) in [4.78, 5) is 36.2. The van der Waals surface area contributed by atoms with Gasteiger partial charge >= 0.3 is 0 Å². The second-order valence-corrected chi connectivity index (χ2v) is 8.22. The number of hydrogen-bond acceptors (Lipinski definition) is 7. The first-order valence-electron chi connectivity index (χ1n) is 10.2. The molecule has 0 radical (unpaired) electrons. The summed E-state index contributed by atoms with van der Waals surface area (Å²) in [5, 5.41) is 2.75. The molecule has 0 spiro atoms. The maximum Gasteiger partial charge on any atom is 0.265 e. The van der Waals surface area contributed by atoms with Gasteiger partial charge in [0.15, 0.2) is 12.4 Å². The van der Waals surface area contributed by atoms with Gasteiger partial charge in [-0.25, -0.2) is 4.98 Å². The number of fused-ring (bicyclic) bond motifs is 1. The molecule has 164 valence electrons. The first-order valence-corrected chi connectivity index (χ1v) is 11.1. The number of carbonyl (C=O) groups excluding carboxylic acids is 2. The molecule has 0 unspecified atom stereocenters. The van der Waals surface area contributed by atoms with Crippen LogP contribution in [-0.2, 0) is 4.79 Å². The number of Topliss-reactive ketones (excluding diaryl/α,β-unsaturated/α-hetero) is 1. The first-order chi connectivity index (χ1) is 16.1. The van der Waals surface area contributed by atoms with E-state index in [4.69, 9.17) is 14.5 Å². The van der Waals surface area contributed by atoms with Gasteiger partial charge in [0, 0.05) is 22.7 Å². The highest BCUT2D eigenvalue weighted by atomic mass is 32.1. The minimum atomic E-state index is -0.275. The van der Waals surface area contributed by atoms with Crippen molar-refractivity contribution in [3.05, 3.63) is 77.8 Å². The van der Waals surface area contributed by atoms with Crippen molar-refractivity contribution in [3.8, 4) is 33.5 Å². The molecule has 2 aromatic carbocycles. The molecule has 33 heavy (non-hydrogen) atoms. The highest BCUT2D eigenvalue weighted by Gasteiger charge is 2.28. The lowest BCUT2D eigenvalue weighted by Crippen LogP contribution is -2.42. The van der Waals surface area contributed by atoms with Gasteiger partial charge in [0.05, 0.1) is 30.7 Å². The van der Waals surface area contributed by atoms with Gasteiger partial charge in [0.25, 0.3) is 5.91 Å². The quantitative estimate of drug-likeness (QED) is 0.397. The Morgan fingerprint density at radius 2 is 2.03 bits per heavy atom. The van der Waals surface area contributed by atoms with Crippen LogP contribution in [-0.4, -0.2) is 41.9 Å². The second kappa shape index (κ2) is 8.84. The summed E-state index contributed by atoms with van der Waals surface area (Å²) in [5.74, 6) is 0.677. The second-order valence-electron chi connectivity index (χ2n) is 7.36. The molecule has 0 atom stereocenters. The number of amides is 1. The minimum absolute atomic E-state index is 0.0952. The van der Waals surface area contributed by atoms with Crippen LogP contribution in [0.1, 0.15) is 10.4 Å². The number of pyridine rings is 1. The molecule has 4 aromatic rings. The molecule has 0 saturated heterocycles. The van der Waals surface area contributed by atoms with Crippen molar-refractivity contribution in [2.75, 3.05) is 25.2 Å². The Morgan fingerprint density at radius 1 is 1.12 bits per heavy atom. The Morgan fingerprint density at radius 3 is 2.85 bits per heavy atom. The molecule has 3 heterocycles. The SMILES string of the molecule is COc1cccc(C(=O)CN2C(=O)COc3ccc(-c4csc(-c5ccccn5)n4)cc32)c1. The van der Waals surface area contributed by atoms with E-state index >= 15 is 0 Å². The number of aromatic nitrogens is 2. The van der Waals surface area contributed by atoms with E-state index in [1.807, 2.05) is 35.7 Å². The number of ether oxygens (including phenoxy) is 2. The van der Waals surface area contributed by atoms with E-state index in [0.29, 0.717) is 22.7 Å². The summed E-state index contributed by atoms with van der Waals surface area (Å²) in [6, 6.07) is 18.1. The highest BCUT2D eigenvalue weighted by molar-refractivity contribution is 7.13. The predicted octanol–water partition coefficient (Wildman–Crippen LogP) is 4.49. The lowest BCUT2D eigenvalue weighted by atomic mass is 10.1. The number of rotatable bonds is 6. The van der Waals surface area contributed by atoms with E-state index in [2.05, 4.69) is 4.98 Å². The first kappa shape index (κ1) is 20.8. The lowest BCUT2D eigenvalue weighted by molar-refractivity contribution is -0.121. The molecule has 2 aromatic heterocycles. The molecule has 0 fully saturated rings. The smallest absolute Gasteiger partial charge is 0.265 e. The third-order valence-corrected chi connectivity index (χ3v) is 6.14. The maximum absolute atomic E-state index is 12.9. The summed E-state index contributed by atoms with van der Waals surface area (Å²) in [5.41, 5.74) is 3.42. The molecular formula is C25H19N3O4S. The van der Waals surface area contributed by atoms with E-state index in [0.717, 1.165) is 22.0 Å². The fraction of sp³-hybridized carbons (Fsp3) is 0.120. The van der Waals surface area contributed by atoms with Gasteiger partial charge in [-0.05, 0) is 42.5 Å². The van der Waals surface area contributed by atoms with Gasteiger partial charge in [0.2, 0.25) is 0 Å². The molecule has 0 bridgehead atoms. The van der Waals surface area contributed by atoms with E-state index in [9.17, 15) is 9.59 Å². The topological polar surface area (TPSA) is 81.6 Å². The van der Waals surface area contributed by atoms with Crippen LogP contribution < -0.4 is 14.4 Å². The van der Waals surface area contributed by atoms with Gasteiger partial charge in [-0.15, -0.1) is 11.3 Å². The van der Waals surface area contributed by atoms with Crippen LogP contribution in [0.25, 0.3) is 22.0 Å². The summed E-state index contributed by atoms with van der Waals surface area (Å²) >= 11 is 1.50. The summed E-state index contributed by atoms with van der Waals surface area (Å²) in [6.07, 6.45) is 1.73. The number of anilines is 1. The molecular weight excluding hydrogens is 438 g/mol. The molecule has 5 rings (SSSR count). The Hall–Kier alpha value is -4.04. The maximum atomic E-state index is 12.9. The van der Waals surface area contributed by atoms with Gasteiger partial charge in [-0.3, -0.25) is 19.5 Å². The molecule has 8 heteroatoms. The monoisotopic (exact) mass is 457 g/mol. The number of benzene rings is 2. The zero-order chi connectivity index (χ0) is 22.8. The Labute approximate surface area is 194 Å². The van der Waals surface area contributed by atoms with Gasteiger partial charge in [-0.1, -0.05) is 18.2 Å². The van der Waals surface area contributed by atoms with Crippen molar-refractivity contribution in [1.29, 1.82) is 0 Å². The largest absolute Gasteiger partial charge is 0.497 e. The van der Waals surface area contributed by atoms with Crippen molar-refractivity contribution in [2.24, 2.45) is 0 Å². The predicted molar refractivity (Wildman–Crippen MR) is 126 cm³/mol. The molecule has 7 nitrogen and oxygen atoms in total. The van der Waals surface area contributed by atoms with Gasteiger partial charge in [0.1, 0.15) is 16.5 Å². The number of hydrogen-bond donors (Lipinski definition) is 0. The molecule has 1 aliphatic rings. The van der Waals surface area contributed by atoms with E-state index in [-0.39, 0.29) is 24.8 Å². The van der Waals surface area contributed by atoms with Crippen LogP contribution in [0, 0.1) is 0 Å². The van der Waals surface area contributed by atoms with Crippen molar-refractivity contribution < 1.29 is 19.1 Å². The summed E-state index contributed by atoms with van der Waals surface area (Å²) < 4.78 is 10.8. The fourth-order valence-corrected chi connectivity index (χ4v) is 4.38. The fourth-order valence-electron chi connectivity index (χ4n) is 3.58. The Kier molecular flexibility index (Phi) is 5.58. The number of methoxy groups -OCH3 is 1. The summed E-state index contributed by atoms with van der Waals surface area (Å²) in [7, 11) is 1.55. The van der Waals surface area contributed by atoms with Crippen molar-refractivity contribution in [2.45, 2.75) is 0 Å². The number of carbonyl (C=O) groups is 2. The van der Waals surface area contributed by atoms with Crippen molar-refractivity contribution >= 4 is 28.7 Å². The average molecular weight is 458 g/mol. The van der Waals surface area contributed by atoms with Crippen LogP contribution in [0.4, 0.5) is 5.69 Å². The summed E-state index contributed by atoms with van der Waals surface area (Å²) in [6.45, 7) is -0.208. The Bertz CT molecular complexity index is 1340. The number of ketones is 1. The Balaban J connectivity index is 1.45. The number of thiazole rings is 1. The van der Waals surface area contributed by atoms with E-state index < -0.39 is 0 Å². The van der Waals surface area contributed by atoms with Crippen LogP contribution in [0.5, 0.6) is 11.5 Å². The standard InChI is InChI=1S/C25H19N3O4S/c1-31-18-6-4-5-17(11-18)22(29)13-28-21-12-16(8-9-23(21)32-14-24(28)30)20-15-33-25(27-20)19-7-2-3-10-26-19/h2-12,15H,13-14H2,1H3. The van der Waals surface area contributed by atoms with Gasteiger partial charge in [-0.2, -0.15) is 0 Å². The third-order valence-electron chi connectivity index (χ3n) is 5.28. The van der Waals surface area contributed by atoms with Crippen LogP contribution in [0.15, 0.2) is 72.2 Å². The third kappa shape index (κ3) is 4.20. The molecule has 1 aliphatic heterocycles. The molecule has 0 N–H and O–H groups in total. The zero-order valence-electron chi connectivity index (χ0n) is 17.7. The molecule has 0 saturated carbocycles. The van der Waals surface area contributed by atoms with Crippen molar-refractivity contribution in [1.82, 2.24) is 9.97 Å². The zero-order valence-corrected chi connectivity index (χ0v) is 18.5. The highest BCUT2D eigenvalue weighted by Crippen LogP contribution is 2.37.